The predicted octanol–water partition coefficient (Wildman–Crippen LogP) is 2.73. The van der Waals surface area contributed by atoms with E-state index in [0.717, 1.165) is 11.1 Å². The number of ether oxygens (including phenoxy) is 3. The van der Waals surface area contributed by atoms with Crippen molar-refractivity contribution in [2.24, 2.45) is 0 Å². The Hall–Kier alpha value is -4.33. The minimum atomic E-state index is -0.822. The predicted molar refractivity (Wildman–Crippen MR) is 127 cm³/mol. The lowest BCUT2D eigenvalue weighted by Gasteiger charge is -2.15. The summed E-state index contributed by atoms with van der Waals surface area (Å²) in [6.07, 6.45) is 1.80. The molecule has 1 fully saturated rings. The number of carbonyl (C=O) groups is 2. The van der Waals surface area contributed by atoms with Gasteiger partial charge in [0.1, 0.15) is 5.75 Å². The van der Waals surface area contributed by atoms with E-state index in [4.69, 9.17) is 14.2 Å². The normalized spacial score (nSPS) is 18.3. The molecule has 3 aromatic carbocycles. The molecule has 0 bridgehead atoms. The van der Waals surface area contributed by atoms with E-state index in [1.54, 1.807) is 62.6 Å². The smallest absolute Gasteiger partial charge is 0.304 e. The number of nitrogens with zero attached hydrogens (tertiary/aromatic N) is 1. The molecular formula is C26H26N3O5+. The Labute approximate surface area is 197 Å². The van der Waals surface area contributed by atoms with E-state index in [1.165, 1.54) is 0 Å². The summed E-state index contributed by atoms with van der Waals surface area (Å²) in [6.45, 7) is 0. The molecule has 34 heavy (non-hydrogen) atoms. The van der Waals surface area contributed by atoms with Crippen molar-refractivity contribution in [1.82, 2.24) is 10.7 Å². The van der Waals surface area contributed by atoms with Gasteiger partial charge in [-0.3, -0.25) is 9.59 Å². The van der Waals surface area contributed by atoms with Crippen LogP contribution in [0.25, 0.3) is 0 Å². The minimum Gasteiger partial charge on any atom is -0.497 e. The first kappa shape index (κ1) is 22.8. The zero-order chi connectivity index (χ0) is 24.1. The first-order valence-corrected chi connectivity index (χ1v) is 10.7. The molecule has 0 unspecified atom stereocenters. The Morgan fingerprint density at radius 1 is 0.912 bits per heavy atom. The molecule has 0 spiro atoms. The number of rotatable bonds is 7. The number of amides is 2. The number of hydrazine groups is 1. The van der Waals surface area contributed by atoms with Crippen molar-refractivity contribution in [2.45, 2.75) is 12.1 Å². The van der Waals surface area contributed by atoms with Gasteiger partial charge < -0.3 is 19.5 Å². The van der Waals surface area contributed by atoms with Gasteiger partial charge in [0.25, 0.3) is 5.91 Å². The van der Waals surface area contributed by atoms with Crippen LogP contribution >= 0.6 is 0 Å². The van der Waals surface area contributed by atoms with Crippen molar-refractivity contribution in [1.29, 1.82) is 0 Å². The first-order chi connectivity index (χ1) is 16.5. The molecular weight excluding hydrogens is 434 g/mol. The fourth-order valence-electron chi connectivity index (χ4n) is 3.89. The average molecular weight is 461 g/mol. The molecule has 2 N–H and O–H groups in total. The van der Waals surface area contributed by atoms with Gasteiger partial charge in [0, 0.05) is 16.7 Å². The molecule has 0 saturated carbocycles. The topological polar surface area (TPSA) is 88.9 Å². The third-order valence-electron chi connectivity index (χ3n) is 5.61. The van der Waals surface area contributed by atoms with Crippen LogP contribution in [0.15, 0.2) is 72.8 Å². The van der Waals surface area contributed by atoms with Crippen LogP contribution in [0.2, 0.25) is 0 Å². The van der Waals surface area contributed by atoms with Gasteiger partial charge in [-0.2, -0.15) is 0 Å². The summed E-state index contributed by atoms with van der Waals surface area (Å²) in [5, 5.41) is 2.89. The van der Waals surface area contributed by atoms with Crippen LogP contribution in [0.4, 0.5) is 0 Å². The van der Waals surface area contributed by atoms with Crippen molar-refractivity contribution in [3.63, 3.8) is 0 Å². The van der Waals surface area contributed by atoms with Gasteiger partial charge >= 0.3 is 5.91 Å². The summed E-state index contributed by atoms with van der Waals surface area (Å²) in [5.74, 6) is 1.22. The first-order valence-electron chi connectivity index (χ1n) is 10.7. The highest BCUT2D eigenvalue weighted by molar-refractivity contribution is 5.98. The molecule has 3 aromatic rings. The SMILES string of the molecule is COc1ccc([C@@H]2[C@@H](NC(=O)c3ccccc3)C(=O)N/[N+]2=C\c2ccc(OC)c(OC)c2)cc1. The van der Waals surface area contributed by atoms with Crippen molar-refractivity contribution < 1.29 is 28.5 Å². The number of benzene rings is 3. The second-order valence-corrected chi connectivity index (χ2v) is 7.66. The zero-order valence-corrected chi connectivity index (χ0v) is 19.1. The fraction of sp³-hybridized carbons (Fsp3) is 0.192. The number of hydrazone groups is 1. The lowest BCUT2D eigenvalue weighted by Crippen LogP contribution is -2.42. The van der Waals surface area contributed by atoms with E-state index >= 15 is 0 Å². The molecule has 4 rings (SSSR count). The molecule has 1 saturated heterocycles. The van der Waals surface area contributed by atoms with E-state index in [9.17, 15) is 9.59 Å². The number of hydrogen-bond donors (Lipinski definition) is 2. The average Bonchev–Trinajstić information content (AvgIpc) is 3.18. The van der Waals surface area contributed by atoms with Gasteiger partial charge in [-0.25, -0.2) is 0 Å². The summed E-state index contributed by atoms with van der Waals surface area (Å²) in [6, 6.07) is 20.3. The zero-order valence-electron chi connectivity index (χ0n) is 19.1. The van der Waals surface area contributed by atoms with E-state index < -0.39 is 12.1 Å². The Balaban J connectivity index is 1.72. The summed E-state index contributed by atoms with van der Waals surface area (Å²) >= 11 is 0. The maximum Gasteiger partial charge on any atom is 0.304 e. The fourth-order valence-corrected chi connectivity index (χ4v) is 3.89. The third-order valence-corrected chi connectivity index (χ3v) is 5.61. The summed E-state index contributed by atoms with van der Waals surface area (Å²) in [4.78, 5) is 25.9. The number of carbonyl (C=O) groups excluding carboxylic acids is 2. The van der Waals surface area contributed by atoms with E-state index in [0.29, 0.717) is 22.8 Å². The van der Waals surface area contributed by atoms with Gasteiger partial charge in [-0.1, -0.05) is 18.2 Å². The molecule has 1 aliphatic heterocycles. The monoisotopic (exact) mass is 460 g/mol. The van der Waals surface area contributed by atoms with Crippen LogP contribution in [-0.4, -0.2) is 50.1 Å². The highest BCUT2D eigenvalue weighted by Gasteiger charge is 2.47. The molecule has 2 amide bonds. The second kappa shape index (κ2) is 10.1. The Kier molecular flexibility index (Phi) is 6.77. The van der Waals surface area contributed by atoms with E-state index in [2.05, 4.69) is 10.7 Å². The van der Waals surface area contributed by atoms with Crippen molar-refractivity contribution >= 4 is 18.0 Å². The molecule has 8 heteroatoms. The van der Waals surface area contributed by atoms with Gasteiger partial charge in [0.15, 0.2) is 17.5 Å². The highest BCUT2D eigenvalue weighted by atomic mass is 16.5. The maximum absolute atomic E-state index is 13.0. The van der Waals surface area contributed by atoms with Crippen LogP contribution in [0.3, 0.4) is 0 Å². The number of hydrogen-bond acceptors (Lipinski definition) is 5. The van der Waals surface area contributed by atoms with Crippen LogP contribution in [0, 0.1) is 0 Å². The van der Waals surface area contributed by atoms with Gasteiger partial charge in [-0.15, -0.1) is 10.1 Å². The molecule has 0 aromatic heterocycles. The lowest BCUT2D eigenvalue weighted by atomic mass is 9.99. The summed E-state index contributed by atoms with van der Waals surface area (Å²) < 4.78 is 17.7. The quantitative estimate of drug-likeness (QED) is 0.530. The molecule has 0 aliphatic carbocycles. The number of methoxy groups -OCH3 is 3. The third kappa shape index (κ3) is 4.71. The van der Waals surface area contributed by atoms with Crippen molar-refractivity contribution in [3.8, 4) is 17.2 Å². The maximum atomic E-state index is 13.0. The van der Waals surface area contributed by atoms with E-state index in [-0.39, 0.29) is 11.8 Å². The molecule has 2 atom stereocenters. The van der Waals surface area contributed by atoms with Gasteiger partial charge in [-0.05, 0) is 54.6 Å². The molecule has 174 valence electrons. The summed E-state index contributed by atoms with van der Waals surface area (Å²) in [7, 11) is 4.73. The Morgan fingerprint density at radius 3 is 2.26 bits per heavy atom. The molecule has 8 nitrogen and oxygen atoms in total. The lowest BCUT2D eigenvalue weighted by molar-refractivity contribution is -0.596. The van der Waals surface area contributed by atoms with Crippen molar-refractivity contribution in [2.75, 3.05) is 21.3 Å². The molecule has 0 radical (unpaired) electrons. The largest absolute Gasteiger partial charge is 0.497 e. The highest BCUT2D eigenvalue weighted by Crippen LogP contribution is 2.29. The summed E-state index contributed by atoms with van der Waals surface area (Å²) in [5.41, 5.74) is 4.96. The molecule has 1 aliphatic rings. The standard InChI is InChI=1S/C26H25N3O5/c1-32-20-12-10-18(11-13-20)24-23(27-25(30)19-7-5-4-6-8-19)26(31)28-29(24)16-17-9-14-21(33-2)22(15-17)34-3/h4-16,23-24H,1-3H3,(H-,27,28,30,31)/p+1/b29-16-/t23-,24-/m1/s1. The minimum absolute atomic E-state index is 0.318. The van der Waals surface area contributed by atoms with E-state index in [1.807, 2.05) is 42.5 Å². The Bertz CT molecular complexity index is 1210. The van der Waals surface area contributed by atoms with Crippen LogP contribution in [-0.2, 0) is 4.79 Å². The van der Waals surface area contributed by atoms with Crippen LogP contribution in [0.1, 0.15) is 27.5 Å². The Morgan fingerprint density at radius 2 is 1.62 bits per heavy atom. The molecule has 1 heterocycles. The van der Waals surface area contributed by atoms with Gasteiger partial charge in [0.2, 0.25) is 12.3 Å². The van der Waals surface area contributed by atoms with Crippen LogP contribution < -0.4 is 25.0 Å². The van der Waals surface area contributed by atoms with Crippen LogP contribution in [0.5, 0.6) is 17.2 Å². The number of nitrogens with one attached hydrogen (secondary N) is 2. The second-order valence-electron chi connectivity index (χ2n) is 7.66. The van der Waals surface area contributed by atoms with Crippen molar-refractivity contribution in [3.05, 3.63) is 89.5 Å². The van der Waals surface area contributed by atoms with Gasteiger partial charge in [0.05, 0.1) is 21.3 Å².